The van der Waals surface area contributed by atoms with Gasteiger partial charge in [0.25, 0.3) is 0 Å². The topological polar surface area (TPSA) is 86.1 Å². The molecule has 190 valence electrons. The number of fused-ring (bicyclic) bond motifs is 3. The summed E-state index contributed by atoms with van der Waals surface area (Å²) in [5.74, 6) is 1.90. The Labute approximate surface area is 222 Å². The maximum atomic E-state index is 12.5. The van der Waals surface area contributed by atoms with Gasteiger partial charge in [0, 0.05) is 31.0 Å². The SMILES string of the molecule is COCc1c(C)nc2sc3cc(Oc4ccccc4CNC(=O)Nc4ccc(OC)c(Cl)c4)ccc3n12. The number of thiazole rings is 1. The lowest BCUT2D eigenvalue weighted by Crippen LogP contribution is -2.28. The standard InChI is InChI=1S/C27H25ClN4O4S/c1-16-22(15-34-2)32-21-10-9-19(13-25(21)37-27(32)30-16)36-23-7-5-4-6-17(23)14-29-26(33)31-18-8-11-24(35-3)20(28)12-18/h4-13H,14-15H2,1-3H3,(H2,29,31,33). The number of aromatic nitrogens is 2. The molecule has 5 aromatic rings. The molecule has 2 N–H and O–H groups in total. The zero-order chi connectivity index (χ0) is 25.9. The molecule has 0 bridgehead atoms. The third-order valence-electron chi connectivity index (χ3n) is 5.85. The van der Waals surface area contributed by atoms with E-state index in [1.54, 1.807) is 36.6 Å². The average molecular weight is 537 g/mol. The lowest BCUT2D eigenvalue weighted by molar-refractivity contribution is 0.180. The third-order valence-corrected chi connectivity index (χ3v) is 7.14. The predicted octanol–water partition coefficient (Wildman–Crippen LogP) is 6.78. The molecule has 3 aromatic carbocycles. The number of hydrogen-bond acceptors (Lipinski definition) is 6. The highest BCUT2D eigenvalue weighted by atomic mass is 35.5. The fourth-order valence-electron chi connectivity index (χ4n) is 4.05. The number of hydrogen-bond donors (Lipinski definition) is 2. The smallest absolute Gasteiger partial charge is 0.319 e. The minimum absolute atomic E-state index is 0.278. The van der Waals surface area contributed by atoms with Crippen LogP contribution in [0.2, 0.25) is 5.02 Å². The molecule has 37 heavy (non-hydrogen) atoms. The van der Waals surface area contributed by atoms with Crippen LogP contribution in [0.5, 0.6) is 17.2 Å². The fourth-order valence-corrected chi connectivity index (χ4v) is 5.43. The first-order valence-electron chi connectivity index (χ1n) is 11.5. The number of imidazole rings is 1. The molecule has 0 spiro atoms. The van der Waals surface area contributed by atoms with Gasteiger partial charge in [0.1, 0.15) is 17.2 Å². The predicted molar refractivity (Wildman–Crippen MR) is 146 cm³/mol. The van der Waals surface area contributed by atoms with Gasteiger partial charge in [-0.2, -0.15) is 0 Å². The Morgan fingerprint density at radius 1 is 1.08 bits per heavy atom. The lowest BCUT2D eigenvalue weighted by Gasteiger charge is -2.13. The molecule has 2 heterocycles. The highest BCUT2D eigenvalue weighted by Gasteiger charge is 2.15. The molecule has 0 aliphatic rings. The van der Waals surface area contributed by atoms with Crippen LogP contribution in [0.15, 0.2) is 60.7 Å². The van der Waals surface area contributed by atoms with E-state index in [9.17, 15) is 4.79 Å². The summed E-state index contributed by atoms with van der Waals surface area (Å²) in [5, 5.41) is 6.05. The van der Waals surface area contributed by atoms with Gasteiger partial charge in [-0.15, -0.1) is 0 Å². The molecule has 0 aliphatic heterocycles. The zero-order valence-corrected chi connectivity index (χ0v) is 22.1. The lowest BCUT2D eigenvalue weighted by atomic mass is 10.2. The molecule has 5 rings (SSSR count). The maximum Gasteiger partial charge on any atom is 0.319 e. The molecule has 2 amide bonds. The Kier molecular flexibility index (Phi) is 7.18. The van der Waals surface area contributed by atoms with Crippen molar-refractivity contribution in [3.8, 4) is 17.2 Å². The largest absolute Gasteiger partial charge is 0.495 e. The van der Waals surface area contributed by atoms with Crippen LogP contribution in [-0.4, -0.2) is 29.6 Å². The number of carbonyl (C=O) groups excluding carboxylic acids is 1. The quantitative estimate of drug-likeness (QED) is 0.228. The Hall–Kier alpha value is -3.79. The van der Waals surface area contributed by atoms with Crippen molar-refractivity contribution in [2.75, 3.05) is 19.5 Å². The molecule has 0 unspecified atom stereocenters. The average Bonchev–Trinajstić information content (AvgIpc) is 3.38. The number of halogens is 1. The van der Waals surface area contributed by atoms with Gasteiger partial charge in [-0.1, -0.05) is 41.1 Å². The molecule has 0 saturated heterocycles. The third kappa shape index (κ3) is 5.20. The summed E-state index contributed by atoms with van der Waals surface area (Å²) in [6.07, 6.45) is 0. The number of nitrogens with one attached hydrogen (secondary N) is 2. The van der Waals surface area contributed by atoms with Crippen molar-refractivity contribution in [3.63, 3.8) is 0 Å². The molecular weight excluding hydrogens is 512 g/mol. The first kappa shape index (κ1) is 24.9. The van der Waals surface area contributed by atoms with Gasteiger partial charge < -0.3 is 24.8 Å². The summed E-state index contributed by atoms with van der Waals surface area (Å²) in [4.78, 5) is 18.1. The van der Waals surface area contributed by atoms with Crippen molar-refractivity contribution in [1.82, 2.24) is 14.7 Å². The molecule has 8 nitrogen and oxygen atoms in total. The summed E-state index contributed by atoms with van der Waals surface area (Å²) in [6, 6.07) is 18.3. The number of carbonyl (C=O) groups is 1. The van der Waals surface area contributed by atoms with E-state index in [0.717, 1.165) is 32.1 Å². The fraction of sp³-hybridized carbons (Fsp3) is 0.185. The first-order chi connectivity index (χ1) is 18.0. The Morgan fingerprint density at radius 3 is 2.70 bits per heavy atom. The minimum atomic E-state index is -0.360. The van der Waals surface area contributed by atoms with E-state index in [0.29, 0.717) is 34.6 Å². The van der Waals surface area contributed by atoms with Crippen LogP contribution in [0.3, 0.4) is 0 Å². The molecular formula is C27H25ClN4O4S. The number of methoxy groups -OCH3 is 2. The second-order valence-corrected chi connectivity index (χ2v) is 9.71. The van der Waals surface area contributed by atoms with E-state index in [1.807, 2.05) is 49.4 Å². The highest BCUT2D eigenvalue weighted by molar-refractivity contribution is 7.23. The Balaban J connectivity index is 1.30. The van der Waals surface area contributed by atoms with Crippen molar-refractivity contribution in [3.05, 3.63) is 82.6 Å². The number of anilines is 1. The summed E-state index contributed by atoms with van der Waals surface area (Å²) < 4.78 is 19.9. The minimum Gasteiger partial charge on any atom is -0.495 e. The second-order valence-electron chi connectivity index (χ2n) is 8.29. The molecule has 10 heteroatoms. The van der Waals surface area contributed by atoms with Crippen LogP contribution in [0.25, 0.3) is 15.2 Å². The number of ether oxygens (including phenoxy) is 3. The molecule has 0 atom stereocenters. The van der Waals surface area contributed by atoms with Crippen molar-refractivity contribution in [1.29, 1.82) is 0 Å². The van der Waals surface area contributed by atoms with E-state index in [1.165, 1.54) is 7.11 Å². The normalized spacial score (nSPS) is 11.1. The summed E-state index contributed by atoms with van der Waals surface area (Å²) in [7, 11) is 3.22. The Bertz CT molecular complexity index is 1600. The zero-order valence-electron chi connectivity index (χ0n) is 20.5. The van der Waals surface area contributed by atoms with Crippen LogP contribution in [0.1, 0.15) is 17.0 Å². The first-order valence-corrected chi connectivity index (χ1v) is 12.7. The number of para-hydroxylation sites is 1. The number of urea groups is 1. The summed E-state index contributed by atoms with van der Waals surface area (Å²) in [6.45, 7) is 2.77. The van der Waals surface area contributed by atoms with Crippen LogP contribution in [0, 0.1) is 6.92 Å². The van der Waals surface area contributed by atoms with E-state index in [4.69, 9.17) is 25.8 Å². The van der Waals surface area contributed by atoms with Crippen LogP contribution in [0.4, 0.5) is 10.5 Å². The van der Waals surface area contributed by atoms with E-state index >= 15 is 0 Å². The molecule has 0 saturated carbocycles. The molecule has 2 aromatic heterocycles. The number of amides is 2. The summed E-state index contributed by atoms with van der Waals surface area (Å²) >= 11 is 7.75. The second kappa shape index (κ2) is 10.7. The maximum absolute atomic E-state index is 12.5. The van der Waals surface area contributed by atoms with Crippen molar-refractivity contribution < 1.29 is 19.0 Å². The van der Waals surface area contributed by atoms with Crippen molar-refractivity contribution >= 4 is 49.8 Å². The Morgan fingerprint density at radius 2 is 1.92 bits per heavy atom. The van der Waals surface area contributed by atoms with Gasteiger partial charge in [0.05, 0.1) is 40.3 Å². The van der Waals surface area contributed by atoms with Gasteiger partial charge in [-0.05, 0) is 43.3 Å². The monoisotopic (exact) mass is 536 g/mol. The van der Waals surface area contributed by atoms with Gasteiger partial charge in [-0.25, -0.2) is 9.78 Å². The van der Waals surface area contributed by atoms with E-state index in [2.05, 4.69) is 20.0 Å². The van der Waals surface area contributed by atoms with Crippen LogP contribution >= 0.6 is 22.9 Å². The van der Waals surface area contributed by atoms with Gasteiger partial charge in [0.15, 0.2) is 4.96 Å². The van der Waals surface area contributed by atoms with Gasteiger partial charge >= 0.3 is 6.03 Å². The number of nitrogens with zero attached hydrogens (tertiary/aromatic N) is 2. The molecule has 0 radical (unpaired) electrons. The van der Waals surface area contributed by atoms with E-state index < -0.39 is 0 Å². The van der Waals surface area contributed by atoms with Crippen molar-refractivity contribution in [2.45, 2.75) is 20.1 Å². The summed E-state index contributed by atoms with van der Waals surface area (Å²) in [5.41, 5.74) is 4.47. The van der Waals surface area contributed by atoms with Gasteiger partial charge in [-0.3, -0.25) is 4.40 Å². The number of rotatable bonds is 8. The van der Waals surface area contributed by atoms with Crippen LogP contribution < -0.4 is 20.1 Å². The van der Waals surface area contributed by atoms with Crippen LogP contribution in [-0.2, 0) is 17.9 Å². The van der Waals surface area contributed by atoms with Crippen molar-refractivity contribution in [2.24, 2.45) is 0 Å². The number of aryl methyl sites for hydroxylation is 1. The number of benzene rings is 3. The van der Waals surface area contributed by atoms with Gasteiger partial charge in [0.2, 0.25) is 0 Å². The highest BCUT2D eigenvalue weighted by Crippen LogP contribution is 2.34. The van der Waals surface area contributed by atoms with E-state index in [-0.39, 0.29) is 12.6 Å². The molecule has 0 aliphatic carbocycles. The molecule has 0 fully saturated rings.